The standard InChI is InChI=1S/2C24H30N4.4ClH.6H2O/c2*1(3-5-7-17-23-25-19-13-9-10-14-20(19)26-23)2-4-6-8-18-24-27-21-15-11-12-16-22(21)28-24;;;;;;;;;;/h2*9-16H,1-8,17-18H2,(H,25,26)(H,27,28);4*1H;6*1H2. The molecule has 372 valence electrons. The molecule has 0 aliphatic rings. The van der Waals surface area contributed by atoms with Gasteiger partial charge in [-0.05, 0) is 74.2 Å². The second-order valence-electron chi connectivity index (χ2n) is 15.8. The number of para-hydroxylation sites is 8. The number of imidazole rings is 4. The van der Waals surface area contributed by atoms with E-state index in [0.29, 0.717) is 0 Å². The average Bonchev–Trinajstić information content (AvgIpc) is 4.03. The summed E-state index contributed by atoms with van der Waals surface area (Å²) in [5, 5.41) is 0. The van der Waals surface area contributed by atoms with E-state index >= 15 is 0 Å². The van der Waals surface area contributed by atoms with E-state index in [1.54, 1.807) is 0 Å². The Labute approximate surface area is 413 Å². The van der Waals surface area contributed by atoms with Crippen LogP contribution in [0.5, 0.6) is 0 Å². The lowest BCUT2D eigenvalue weighted by molar-refractivity contribution is -0.358. The molecular formula is C48H76Cl4N8O6. The topological polar surface area (TPSA) is 309 Å². The molecule has 0 unspecified atom stereocenters. The third kappa shape index (κ3) is 21.5. The molecule has 8 aromatic rings. The number of unbranched alkanes of at least 4 members (excludes halogenated alkanes) is 14. The minimum atomic E-state index is 0. The Kier molecular flexibility index (Phi) is 39.0. The summed E-state index contributed by atoms with van der Waals surface area (Å²) in [6.45, 7) is 0. The van der Waals surface area contributed by atoms with E-state index in [9.17, 15) is 0 Å². The van der Waals surface area contributed by atoms with Crippen LogP contribution < -0.4 is 69.6 Å². The number of hydrogen-bond donors (Lipinski definition) is 4. The molecule has 0 aliphatic carbocycles. The monoisotopic (exact) mass is 1000 g/mol. The molecule has 4 aromatic carbocycles. The predicted molar refractivity (Wildman–Crippen MR) is 250 cm³/mol. The summed E-state index contributed by atoms with van der Waals surface area (Å²) in [6, 6.07) is 33.7. The zero-order valence-electron chi connectivity index (χ0n) is 37.9. The van der Waals surface area contributed by atoms with Gasteiger partial charge in [0.05, 0.1) is 0 Å². The third-order valence-electron chi connectivity index (χ3n) is 11.2. The van der Waals surface area contributed by atoms with Crippen molar-refractivity contribution in [2.24, 2.45) is 0 Å². The highest BCUT2D eigenvalue weighted by Gasteiger charge is 2.11. The molecule has 0 bridgehead atoms. The number of rotatable bonds is 22. The summed E-state index contributed by atoms with van der Waals surface area (Å²) < 4.78 is 0. The summed E-state index contributed by atoms with van der Waals surface area (Å²) in [5.41, 5.74) is 9.69. The second kappa shape index (κ2) is 37.7. The highest BCUT2D eigenvalue weighted by molar-refractivity contribution is 5.72. The van der Waals surface area contributed by atoms with Crippen LogP contribution in [0, 0.1) is 0 Å². The van der Waals surface area contributed by atoms with Gasteiger partial charge in [0, 0.05) is 25.7 Å². The van der Waals surface area contributed by atoms with Gasteiger partial charge in [0.15, 0.2) is 44.1 Å². The van der Waals surface area contributed by atoms with Crippen molar-refractivity contribution in [2.45, 2.75) is 128 Å². The molecule has 8 rings (SSSR count). The largest absolute Gasteiger partial charge is 1.00 e. The molecule has 0 atom stereocenters. The maximum Gasteiger partial charge on any atom is 0.252 e. The van der Waals surface area contributed by atoms with Crippen LogP contribution in [0.25, 0.3) is 44.1 Å². The van der Waals surface area contributed by atoms with Gasteiger partial charge in [-0.25, -0.2) is 39.9 Å². The molecule has 18 heteroatoms. The van der Waals surface area contributed by atoms with Crippen LogP contribution >= 0.6 is 0 Å². The first-order valence-electron chi connectivity index (χ1n) is 21.7. The molecule has 0 fully saturated rings. The lowest BCUT2D eigenvalue weighted by atomic mass is 10.1. The smallest absolute Gasteiger partial charge is 0.252 e. The Morgan fingerprint density at radius 1 is 0.242 bits per heavy atom. The molecule has 0 amide bonds. The fourth-order valence-electron chi connectivity index (χ4n) is 8.06. The van der Waals surface area contributed by atoms with Crippen molar-refractivity contribution in [3.05, 3.63) is 120 Å². The van der Waals surface area contributed by atoms with Gasteiger partial charge in [0.25, 0.3) is 23.3 Å². The van der Waals surface area contributed by atoms with E-state index in [4.69, 9.17) is 0 Å². The number of benzene rings is 4. The van der Waals surface area contributed by atoms with Crippen LogP contribution in [-0.2, 0) is 25.7 Å². The van der Waals surface area contributed by atoms with Crippen molar-refractivity contribution < 1.29 is 102 Å². The number of halogens is 4. The van der Waals surface area contributed by atoms with Gasteiger partial charge in [-0.15, -0.1) is 0 Å². The summed E-state index contributed by atoms with van der Waals surface area (Å²) in [5.74, 6) is 5.04. The van der Waals surface area contributed by atoms with Gasteiger partial charge < -0.3 is 82.5 Å². The van der Waals surface area contributed by atoms with Crippen molar-refractivity contribution in [1.82, 2.24) is 19.9 Å². The summed E-state index contributed by atoms with van der Waals surface area (Å²) in [4.78, 5) is 27.9. The number of aromatic amines is 8. The van der Waals surface area contributed by atoms with Crippen LogP contribution in [0.1, 0.15) is 126 Å². The molecule has 20 N–H and O–H groups in total. The Hall–Kier alpha value is -4.32. The first-order valence-corrected chi connectivity index (χ1v) is 21.7. The molecule has 4 aromatic heterocycles. The molecule has 0 saturated carbocycles. The zero-order chi connectivity index (χ0) is 38.0. The quantitative estimate of drug-likeness (QED) is 0.0461. The van der Waals surface area contributed by atoms with Crippen LogP contribution in [0.4, 0.5) is 0 Å². The lowest BCUT2D eigenvalue weighted by Gasteiger charge is -2.00. The van der Waals surface area contributed by atoms with Crippen molar-refractivity contribution in [1.29, 1.82) is 0 Å². The number of nitrogens with one attached hydrogen (secondary N) is 8. The number of fused-ring (bicyclic) bond motifs is 4. The van der Waals surface area contributed by atoms with Crippen LogP contribution in [0.2, 0.25) is 0 Å². The molecule has 66 heavy (non-hydrogen) atoms. The molecule has 0 radical (unpaired) electrons. The molecule has 14 nitrogen and oxygen atoms in total. The minimum absolute atomic E-state index is 0. The number of H-pyrrole nitrogens is 8. The Morgan fingerprint density at radius 3 is 0.591 bits per heavy atom. The fraction of sp³-hybridized carbons (Fsp3) is 0.417. The van der Waals surface area contributed by atoms with Crippen LogP contribution in [-0.4, -0.2) is 52.8 Å². The third-order valence-corrected chi connectivity index (χ3v) is 11.2. The maximum atomic E-state index is 3.48. The van der Waals surface area contributed by atoms with Gasteiger partial charge in [-0.1, -0.05) is 126 Å². The number of aryl methyl sites for hydroxylation is 4. The van der Waals surface area contributed by atoms with E-state index in [1.807, 2.05) is 0 Å². The van der Waals surface area contributed by atoms with Crippen molar-refractivity contribution in [3.63, 3.8) is 0 Å². The SMILES string of the molecule is O.O.O.O.O.O.[Cl-].[Cl-].[Cl-].[Cl-].c1ccc2[nH+]c(CCCCCCCCCCc3[nH]c4ccccc4[nH+]3)[nH]c2c1.c1ccc2[nH+]c(CCCCCCCCCCc3[nH]c4ccccc4[nH+]3)[nH]c2c1. The Balaban J connectivity index is -0.000000506. The normalized spacial score (nSPS) is 9.82. The maximum absolute atomic E-state index is 3.48. The van der Waals surface area contributed by atoms with Gasteiger partial charge >= 0.3 is 0 Å². The van der Waals surface area contributed by atoms with Crippen molar-refractivity contribution in [2.75, 3.05) is 0 Å². The summed E-state index contributed by atoms with van der Waals surface area (Å²) >= 11 is 0. The molecule has 4 heterocycles. The van der Waals surface area contributed by atoms with E-state index in [1.165, 1.54) is 170 Å². The Morgan fingerprint density at radius 2 is 0.409 bits per heavy atom. The van der Waals surface area contributed by atoms with Gasteiger partial charge in [0.2, 0.25) is 0 Å². The lowest BCUT2D eigenvalue weighted by Crippen LogP contribution is -3.00. The molecular weight excluding hydrogens is 926 g/mol. The molecule has 0 aliphatic heterocycles. The highest BCUT2D eigenvalue weighted by atomic mass is 35.5. The van der Waals surface area contributed by atoms with E-state index in [-0.39, 0.29) is 82.5 Å². The average molecular weight is 1000 g/mol. The van der Waals surface area contributed by atoms with Crippen molar-refractivity contribution in [3.8, 4) is 0 Å². The van der Waals surface area contributed by atoms with Gasteiger partial charge in [-0.2, -0.15) is 0 Å². The molecule has 0 spiro atoms. The van der Waals surface area contributed by atoms with E-state index in [0.717, 1.165) is 25.7 Å². The number of hydrogen-bond acceptors (Lipinski definition) is 0. The van der Waals surface area contributed by atoms with Gasteiger partial charge in [-0.3, -0.25) is 0 Å². The number of aromatic nitrogens is 8. The zero-order valence-corrected chi connectivity index (χ0v) is 40.9. The fourth-order valence-corrected chi connectivity index (χ4v) is 8.06. The predicted octanol–water partition coefficient (Wildman–Crippen LogP) is -6.57. The first kappa shape index (κ1) is 68.3. The molecule has 0 saturated heterocycles. The van der Waals surface area contributed by atoms with E-state index < -0.39 is 0 Å². The first-order chi connectivity index (χ1) is 27.8. The van der Waals surface area contributed by atoms with E-state index in [2.05, 4.69) is 137 Å². The van der Waals surface area contributed by atoms with Gasteiger partial charge in [0.1, 0.15) is 0 Å². The van der Waals surface area contributed by atoms with Crippen molar-refractivity contribution >= 4 is 44.1 Å². The second-order valence-corrected chi connectivity index (χ2v) is 15.8. The van der Waals surface area contributed by atoms with Crippen LogP contribution in [0.15, 0.2) is 97.1 Å². The highest BCUT2D eigenvalue weighted by Crippen LogP contribution is 2.15. The summed E-state index contributed by atoms with van der Waals surface area (Å²) in [6.07, 6.45) is 25.8. The minimum Gasteiger partial charge on any atom is -1.00 e. The summed E-state index contributed by atoms with van der Waals surface area (Å²) in [7, 11) is 0. The van der Waals surface area contributed by atoms with Crippen LogP contribution in [0.3, 0.4) is 0 Å². The Bertz CT molecular complexity index is 1910.